The quantitative estimate of drug-likeness (QED) is 0.332. The van der Waals surface area contributed by atoms with Gasteiger partial charge in [-0.25, -0.2) is 8.78 Å². The van der Waals surface area contributed by atoms with Gasteiger partial charge in [0.25, 0.3) is 5.91 Å². The second kappa shape index (κ2) is 8.96. The maximum absolute atomic E-state index is 13.9. The summed E-state index contributed by atoms with van der Waals surface area (Å²) >= 11 is 2.68. The summed E-state index contributed by atoms with van der Waals surface area (Å²) in [5.41, 5.74) is 4.51. The molecule has 2 aromatic carbocycles. The van der Waals surface area contributed by atoms with Crippen LogP contribution in [0.25, 0.3) is 20.9 Å². The zero-order valence-corrected chi connectivity index (χ0v) is 19.3. The number of pyridine rings is 1. The average molecular weight is 480 g/mol. The minimum Gasteiger partial charge on any atom is -0.341 e. The van der Waals surface area contributed by atoms with E-state index in [4.69, 9.17) is 0 Å². The van der Waals surface area contributed by atoms with Crippen molar-refractivity contribution < 1.29 is 13.6 Å². The lowest BCUT2D eigenvalue weighted by atomic mass is 9.96. The standard InChI is InChI=1S/C25H19F2N3OS2/c1-30-9-8-15-2-3-16(11-20(15)25(30)31)22-6-7-23(32-22)17-10-19(14-28-13-17)29-33-24-5-4-18(26)12-21(24)27/h2-7,10-14,29H,8-9H2,1H3. The maximum Gasteiger partial charge on any atom is 0.253 e. The molecule has 0 spiro atoms. The van der Waals surface area contributed by atoms with Crippen molar-refractivity contribution in [1.29, 1.82) is 0 Å². The van der Waals surface area contributed by atoms with Crippen LogP contribution in [0.4, 0.5) is 14.5 Å². The number of carbonyl (C=O) groups is 1. The number of thiophene rings is 1. The van der Waals surface area contributed by atoms with Crippen LogP contribution in [-0.2, 0) is 6.42 Å². The Hall–Kier alpha value is -3.23. The predicted molar refractivity (Wildman–Crippen MR) is 129 cm³/mol. The van der Waals surface area contributed by atoms with Crippen molar-refractivity contribution in [1.82, 2.24) is 9.88 Å². The summed E-state index contributed by atoms with van der Waals surface area (Å²) in [5.74, 6) is -1.16. The number of benzene rings is 2. The van der Waals surface area contributed by atoms with Crippen molar-refractivity contribution in [2.45, 2.75) is 11.3 Å². The highest BCUT2D eigenvalue weighted by Crippen LogP contribution is 2.36. The van der Waals surface area contributed by atoms with Crippen molar-refractivity contribution in [3.63, 3.8) is 0 Å². The lowest BCUT2D eigenvalue weighted by Gasteiger charge is -2.25. The Morgan fingerprint density at radius 3 is 2.64 bits per heavy atom. The van der Waals surface area contributed by atoms with Crippen molar-refractivity contribution in [2.75, 3.05) is 18.3 Å². The summed E-state index contributed by atoms with van der Waals surface area (Å²) in [5, 5.41) is 0. The third-order valence-corrected chi connectivity index (χ3v) is 7.56. The third-order valence-electron chi connectivity index (χ3n) is 5.49. The Morgan fingerprint density at radius 1 is 1.00 bits per heavy atom. The number of nitrogens with zero attached hydrogens (tertiary/aromatic N) is 2. The number of likely N-dealkylation sites (N-methyl/N-ethyl adjacent to an activating group) is 1. The van der Waals surface area contributed by atoms with Crippen molar-refractivity contribution in [3.8, 4) is 20.9 Å². The van der Waals surface area contributed by atoms with Crippen LogP contribution >= 0.6 is 23.3 Å². The summed E-state index contributed by atoms with van der Waals surface area (Å²) in [6, 6.07) is 15.6. The number of halogens is 2. The second-order valence-electron chi connectivity index (χ2n) is 7.75. The number of hydrogen-bond acceptors (Lipinski definition) is 5. The molecule has 8 heteroatoms. The number of nitrogens with one attached hydrogen (secondary N) is 1. The molecule has 4 nitrogen and oxygen atoms in total. The van der Waals surface area contributed by atoms with Crippen LogP contribution in [0.15, 0.2) is 71.9 Å². The first-order valence-corrected chi connectivity index (χ1v) is 11.9. The first kappa shape index (κ1) is 21.6. The Balaban J connectivity index is 1.36. The molecule has 1 amide bonds. The first-order valence-electron chi connectivity index (χ1n) is 10.3. The molecule has 166 valence electrons. The Labute approximate surface area is 198 Å². The lowest BCUT2D eigenvalue weighted by Crippen LogP contribution is -2.34. The van der Waals surface area contributed by atoms with E-state index in [0.29, 0.717) is 10.6 Å². The molecule has 1 aliphatic rings. The number of fused-ring (bicyclic) bond motifs is 1. The fourth-order valence-electron chi connectivity index (χ4n) is 3.69. The Morgan fingerprint density at radius 2 is 1.82 bits per heavy atom. The Kier molecular flexibility index (Phi) is 5.86. The molecule has 0 aliphatic carbocycles. The highest BCUT2D eigenvalue weighted by molar-refractivity contribution is 8.00. The summed E-state index contributed by atoms with van der Waals surface area (Å²) < 4.78 is 30.0. The molecule has 0 fully saturated rings. The van der Waals surface area contributed by atoms with Crippen molar-refractivity contribution in [2.24, 2.45) is 0 Å². The molecular weight excluding hydrogens is 460 g/mol. The van der Waals surface area contributed by atoms with Gasteiger partial charge in [-0.05, 0) is 65.9 Å². The molecule has 1 N–H and O–H groups in total. The molecule has 0 radical (unpaired) electrons. The van der Waals surface area contributed by atoms with E-state index in [2.05, 4.69) is 15.8 Å². The van der Waals surface area contributed by atoms with Crippen LogP contribution < -0.4 is 4.72 Å². The third kappa shape index (κ3) is 4.49. The number of rotatable bonds is 5. The predicted octanol–water partition coefficient (Wildman–Crippen LogP) is 6.50. The molecule has 5 rings (SSSR count). The fourth-order valence-corrected chi connectivity index (χ4v) is 5.31. The average Bonchev–Trinajstić information content (AvgIpc) is 3.31. The fraction of sp³-hybridized carbons (Fsp3) is 0.120. The molecule has 0 atom stereocenters. The van der Waals surface area contributed by atoms with Crippen LogP contribution in [-0.4, -0.2) is 29.4 Å². The van der Waals surface area contributed by atoms with Gasteiger partial charge in [0, 0.05) is 46.7 Å². The van der Waals surface area contributed by atoms with Crippen LogP contribution in [0.1, 0.15) is 15.9 Å². The van der Waals surface area contributed by atoms with Crippen LogP contribution in [0.2, 0.25) is 0 Å². The smallest absolute Gasteiger partial charge is 0.253 e. The molecule has 2 aromatic heterocycles. The summed E-state index contributed by atoms with van der Waals surface area (Å²) in [4.78, 5) is 21.0. The second-order valence-corrected chi connectivity index (χ2v) is 9.69. The highest BCUT2D eigenvalue weighted by Gasteiger charge is 2.22. The van der Waals surface area contributed by atoms with Crippen molar-refractivity contribution in [3.05, 3.63) is 89.8 Å². The van der Waals surface area contributed by atoms with Gasteiger partial charge in [-0.15, -0.1) is 11.3 Å². The molecule has 1 aliphatic heterocycles. The first-order chi connectivity index (χ1) is 16.0. The molecule has 4 aromatic rings. The molecule has 33 heavy (non-hydrogen) atoms. The van der Waals surface area contributed by atoms with Crippen LogP contribution in [0.3, 0.4) is 0 Å². The number of hydrogen-bond donors (Lipinski definition) is 1. The molecule has 0 saturated carbocycles. The summed E-state index contributed by atoms with van der Waals surface area (Å²) in [6.07, 6.45) is 4.30. The van der Waals surface area contributed by atoms with Gasteiger partial charge in [0.15, 0.2) is 0 Å². The zero-order valence-electron chi connectivity index (χ0n) is 17.6. The van der Waals surface area contributed by atoms with Gasteiger partial charge < -0.3 is 9.62 Å². The monoisotopic (exact) mass is 479 g/mol. The number of anilines is 1. The van der Waals surface area contributed by atoms with E-state index < -0.39 is 11.6 Å². The van der Waals surface area contributed by atoms with E-state index in [1.54, 1.807) is 28.6 Å². The van der Waals surface area contributed by atoms with Crippen molar-refractivity contribution >= 4 is 34.9 Å². The van der Waals surface area contributed by atoms with Gasteiger partial charge in [0.1, 0.15) is 11.6 Å². The van der Waals surface area contributed by atoms with E-state index >= 15 is 0 Å². The minimum atomic E-state index is -0.616. The van der Waals surface area contributed by atoms with Gasteiger partial charge in [0.05, 0.1) is 16.8 Å². The van der Waals surface area contributed by atoms with Gasteiger partial charge in [0.2, 0.25) is 0 Å². The van der Waals surface area contributed by atoms with Gasteiger partial charge >= 0.3 is 0 Å². The van der Waals surface area contributed by atoms with Gasteiger partial charge in [-0.3, -0.25) is 9.78 Å². The number of carbonyl (C=O) groups excluding carboxylic acids is 1. The number of aromatic nitrogens is 1. The topological polar surface area (TPSA) is 45.2 Å². The summed E-state index contributed by atoms with van der Waals surface area (Å²) in [7, 11) is 1.83. The van der Waals surface area contributed by atoms with Gasteiger partial charge in [-0.1, -0.05) is 12.1 Å². The molecule has 0 bridgehead atoms. The Bertz CT molecular complexity index is 1360. The molecular formula is C25H19F2N3OS2. The van der Waals surface area contributed by atoms with E-state index in [1.165, 1.54) is 12.1 Å². The molecule has 0 saturated heterocycles. The summed E-state index contributed by atoms with van der Waals surface area (Å²) in [6.45, 7) is 0.748. The lowest BCUT2D eigenvalue weighted by molar-refractivity contribution is 0.0781. The van der Waals surface area contributed by atoms with Crippen LogP contribution in [0, 0.1) is 11.6 Å². The van der Waals surface area contributed by atoms with Crippen LogP contribution in [0.5, 0.6) is 0 Å². The van der Waals surface area contributed by atoms with E-state index in [1.807, 2.05) is 37.4 Å². The molecule has 3 heterocycles. The van der Waals surface area contributed by atoms with Gasteiger partial charge in [-0.2, -0.15) is 0 Å². The minimum absolute atomic E-state index is 0.0629. The maximum atomic E-state index is 13.9. The van der Waals surface area contributed by atoms with E-state index in [-0.39, 0.29) is 5.91 Å². The SMILES string of the molecule is CN1CCc2ccc(-c3ccc(-c4cncc(NSc5ccc(F)cc5F)c4)s3)cc2C1=O. The number of amides is 1. The highest BCUT2D eigenvalue weighted by atomic mass is 32.2. The normalized spacial score (nSPS) is 13.2. The largest absolute Gasteiger partial charge is 0.341 e. The zero-order chi connectivity index (χ0) is 22.9. The molecule has 0 unspecified atom stereocenters. The van der Waals surface area contributed by atoms with E-state index in [9.17, 15) is 13.6 Å². The van der Waals surface area contributed by atoms with E-state index in [0.717, 1.165) is 63.0 Å².